The van der Waals surface area contributed by atoms with Crippen LogP contribution in [-0.2, 0) is 16.1 Å². The SMILES string of the molecule is O=C1[C@@H]2C[C@H](O)CCN2C(=O)CN1CCCn1ccnc1. The van der Waals surface area contributed by atoms with E-state index in [0.717, 1.165) is 13.0 Å². The third-order valence-electron chi connectivity index (χ3n) is 4.22. The molecule has 1 aromatic heterocycles. The molecule has 114 valence electrons. The molecule has 1 aromatic rings. The van der Waals surface area contributed by atoms with Crippen LogP contribution >= 0.6 is 0 Å². The summed E-state index contributed by atoms with van der Waals surface area (Å²) in [7, 11) is 0. The number of aliphatic hydroxyl groups excluding tert-OH is 1. The third kappa shape index (κ3) is 2.92. The molecule has 7 heteroatoms. The fourth-order valence-corrected chi connectivity index (χ4v) is 3.07. The molecule has 0 radical (unpaired) electrons. The van der Waals surface area contributed by atoms with Crippen molar-refractivity contribution in [1.82, 2.24) is 19.4 Å². The quantitative estimate of drug-likeness (QED) is 0.809. The second kappa shape index (κ2) is 5.85. The number of piperidine rings is 1. The van der Waals surface area contributed by atoms with Gasteiger partial charge in [-0.25, -0.2) is 4.98 Å². The Bertz CT molecular complexity index is 516. The van der Waals surface area contributed by atoms with Crippen molar-refractivity contribution in [2.24, 2.45) is 0 Å². The second-order valence-corrected chi connectivity index (χ2v) is 5.69. The molecule has 2 fully saturated rings. The predicted octanol–water partition coefficient (Wildman–Crippen LogP) is -0.533. The Morgan fingerprint density at radius 3 is 2.95 bits per heavy atom. The van der Waals surface area contributed by atoms with Crippen molar-refractivity contribution < 1.29 is 14.7 Å². The van der Waals surface area contributed by atoms with E-state index in [4.69, 9.17) is 0 Å². The van der Waals surface area contributed by atoms with Crippen molar-refractivity contribution in [2.45, 2.75) is 38.0 Å². The van der Waals surface area contributed by atoms with E-state index in [-0.39, 0.29) is 18.4 Å². The van der Waals surface area contributed by atoms with Crippen molar-refractivity contribution >= 4 is 11.8 Å². The number of hydrogen-bond donors (Lipinski definition) is 1. The minimum atomic E-state index is -0.478. The molecule has 3 heterocycles. The van der Waals surface area contributed by atoms with Crippen LogP contribution in [0.5, 0.6) is 0 Å². The van der Waals surface area contributed by atoms with Gasteiger partial charge in [-0.3, -0.25) is 9.59 Å². The van der Waals surface area contributed by atoms with Crippen molar-refractivity contribution in [3.63, 3.8) is 0 Å². The standard InChI is InChI=1S/C14H20N4O3/c19-11-2-6-18-12(8-11)14(21)17(9-13(18)20)5-1-4-16-7-3-15-10-16/h3,7,10-12,19H,1-2,4-6,8-9H2/t11-,12+/m1/s1. The van der Waals surface area contributed by atoms with Gasteiger partial charge in [0.05, 0.1) is 19.0 Å². The van der Waals surface area contributed by atoms with Crippen LogP contribution in [0.3, 0.4) is 0 Å². The zero-order valence-electron chi connectivity index (χ0n) is 11.9. The van der Waals surface area contributed by atoms with Crippen LogP contribution < -0.4 is 0 Å². The molecule has 0 aromatic carbocycles. The summed E-state index contributed by atoms with van der Waals surface area (Å²) >= 11 is 0. The number of aliphatic hydroxyl groups is 1. The molecule has 3 rings (SSSR count). The highest BCUT2D eigenvalue weighted by atomic mass is 16.3. The lowest BCUT2D eigenvalue weighted by molar-refractivity contribution is -0.160. The topological polar surface area (TPSA) is 78.7 Å². The minimum Gasteiger partial charge on any atom is -0.393 e. The van der Waals surface area contributed by atoms with Gasteiger partial charge in [0.15, 0.2) is 0 Å². The molecule has 0 aliphatic carbocycles. The maximum absolute atomic E-state index is 12.4. The first kappa shape index (κ1) is 14.1. The van der Waals surface area contributed by atoms with Gasteiger partial charge in [-0.15, -0.1) is 0 Å². The maximum atomic E-state index is 12.4. The number of amides is 2. The molecule has 7 nitrogen and oxygen atoms in total. The van der Waals surface area contributed by atoms with Crippen molar-refractivity contribution in [1.29, 1.82) is 0 Å². The molecular formula is C14H20N4O3. The Morgan fingerprint density at radius 2 is 2.19 bits per heavy atom. The normalized spacial score (nSPS) is 26.1. The summed E-state index contributed by atoms with van der Waals surface area (Å²) < 4.78 is 1.95. The van der Waals surface area contributed by atoms with Crippen molar-refractivity contribution in [3.8, 4) is 0 Å². The van der Waals surface area contributed by atoms with E-state index in [0.29, 0.717) is 25.9 Å². The summed E-state index contributed by atoms with van der Waals surface area (Å²) in [6.45, 7) is 1.98. The van der Waals surface area contributed by atoms with Crippen LogP contribution in [0.2, 0.25) is 0 Å². The molecule has 0 bridgehead atoms. The predicted molar refractivity (Wildman–Crippen MR) is 74.2 cm³/mol. The lowest BCUT2D eigenvalue weighted by Crippen LogP contribution is -2.62. The zero-order valence-corrected chi connectivity index (χ0v) is 11.9. The van der Waals surface area contributed by atoms with Crippen molar-refractivity contribution in [2.75, 3.05) is 19.6 Å². The number of rotatable bonds is 4. The number of carbonyl (C=O) groups is 2. The van der Waals surface area contributed by atoms with Gasteiger partial charge in [0, 0.05) is 38.4 Å². The zero-order chi connectivity index (χ0) is 14.8. The Balaban J connectivity index is 1.58. The van der Waals surface area contributed by atoms with Gasteiger partial charge in [-0.2, -0.15) is 0 Å². The molecule has 21 heavy (non-hydrogen) atoms. The number of carbonyl (C=O) groups excluding carboxylic acids is 2. The number of aromatic nitrogens is 2. The van der Waals surface area contributed by atoms with Gasteiger partial charge < -0.3 is 19.5 Å². The summed E-state index contributed by atoms with van der Waals surface area (Å²) in [5.41, 5.74) is 0. The summed E-state index contributed by atoms with van der Waals surface area (Å²) in [6, 6.07) is -0.469. The number of hydrogen-bond acceptors (Lipinski definition) is 4. The highest BCUT2D eigenvalue weighted by Gasteiger charge is 2.42. The summed E-state index contributed by atoms with van der Waals surface area (Å²) in [5, 5.41) is 9.72. The van der Waals surface area contributed by atoms with E-state index >= 15 is 0 Å². The smallest absolute Gasteiger partial charge is 0.245 e. The van der Waals surface area contributed by atoms with E-state index in [9.17, 15) is 14.7 Å². The highest BCUT2D eigenvalue weighted by molar-refractivity contribution is 5.95. The third-order valence-corrected chi connectivity index (χ3v) is 4.22. The van der Waals surface area contributed by atoms with E-state index in [2.05, 4.69) is 4.98 Å². The number of fused-ring (bicyclic) bond motifs is 1. The maximum Gasteiger partial charge on any atom is 0.245 e. The summed E-state index contributed by atoms with van der Waals surface area (Å²) in [6.07, 6.45) is 6.57. The largest absolute Gasteiger partial charge is 0.393 e. The molecule has 0 spiro atoms. The molecule has 2 saturated heterocycles. The fourth-order valence-electron chi connectivity index (χ4n) is 3.07. The van der Waals surface area contributed by atoms with E-state index in [1.807, 2.05) is 10.8 Å². The van der Waals surface area contributed by atoms with Gasteiger partial charge in [-0.05, 0) is 12.8 Å². The van der Waals surface area contributed by atoms with Gasteiger partial charge in [0.25, 0.3) is 0 Å². The van der Waals surface area contributed by atoms with E-state index in [1.165, 1.54) is 0 Å². The van der Waals surface area contributed by atoms with Crippen LogP contribution in [0.1, 0.15) is 19.3 Å². The lowest BCUT2D eigenvalue weighted by atomic mass is 9.96. The number of nitrogens with zero attached hydrogens (tertiary/aromatic N) is 4. The average Bonchev–Trinajstić information content (AvgIpc) is 2.97. The van der Waals surface area contributed by atoms with E-state index < -0.39 is 12.1 Å². The monoisotopic (exact) mass is 292 g/mol. The summed E-state index contributed by atoms with van der Waals surface area (Å²) in [5.74, 6) is -0.0342. The van der Waals surface area contributed by atoms with Crippen LogP contribution in [0.4, 0.5) is 0 Å². The number of aryl methyl sites for hydroxylation is 1. The molecular weight excluding hydrogens is 272 g/mol. The number of piperazine rings is 1. The van der Waals surface area contributed by atoms with E-state index in [1.54, 1.807) is 22.3 Å². The van der Waals surface area contributed by atoms with Gasteiger partial charge in [0.1, 0.15) is 6.04 Å². The van der Waals surface area contributed by atoms with Crippen LogP contribution in [-0.4, -0.2) is 68.1 Å². The molecule has 2 atom stereocenters. The fraction of sp³-hybridized carbons (Fsp3) is 0.643. The molecule has 2 aliphatic heterocycles. The average molecular weight is 292 g/mol. The first-order valence-electron chi connectivity index (χ1n) is 7.37. The van der Waals surface area contributed by atoms with Crippen LogP contribution in [0.15, 0.2) is 18.7 Å². The second-order valence-electron chi connectivity index (χ2n) is 5.69. The molecule has 1 N–H and O–H groups in total. The highest BCUT2D eigenvalue weighted by Crippen LogP contribution is 2.23. The minimum absolute atomic E-state index is 0.00543. The first-order chi connectivity index (χ1) is 10.1. The Kier molecular flexibility index (Phi) is 3.92. The van der Waals surface area contributed by atoms with Gasteiger partial charge >= 0.3 is 0 Å². The van der Waals surface area contributed by atoms with Gasteiger partial charge in [-0.1, -0.05) is 0 Å². The van der Waals surface area contributed by atoms with Crippen LogP contribution in [0, 0.1) is 0 Å². The molecule has 2 amide bonds. The van der Waals surface area contributed by atoms with Gasteiger partial charge in [0.2, 0.25) is 11.8 Å². The van der Waals surface area contributed by atoms with Crippen molar-refractivity contribution in [3.05, 3.63) is 18.7 Å². The molecule has 0 unspecified atom stereocenters. The Morgan fingerprint density at radius 1 is 1.33 bits per heavy atom. The van der Waals surface area contributed by atoms with Crippen LogP contribution in [0.25, 0.3) is 0 Å². The Hall–Kier alpha value is -1.89. The Labute approximate surface area is 123 Å². The molecule has 0 saturated carbocycles. The summed E-state index contributed by atoms with van der Waals surface area (Å²) in [4.78, 5) is 31.8. The number of imidazole rings is 1. The molecule has 2 aliphatic rings. The lowest BCUT2D eigenvalue weighted by Gasteiger charge is -2.44. The first-order valence-corrected chi connectivity index (χ1v) is 7.37.